The van der Waals surface area contributed by atoms with Gasteiger partial charge in [0.2, 0.25) is 0 Å². The summed E-state index contributed by atoms with van der Waals surface area (Å²) >= 11 is 3.39. The lowest BCUT2D eigenvalue weighted by Crippen LogP contribution is -2.43. The number of anilines is 1. The lowest BCUT2D eigenvalue weighted by atomic mass is 10.1. The first-order valence-corrected chi connectivity index (χ1v) is 7.30. The molecule has 2 amide bonds. The zero-order valence-corrected chi connectivity index (χ0v) is 13.2. The van der Waals surface area contributed by atoms with Gasteiger partial charge in [0.15, 0.2) is 0 Å². The summed E-state index contributed by atoms with van der Waals surface area (Å²) in [6, 6.07) is 4.10. The highest BCUT2D eigenvalue weighted by molar-refractivity contribution is 9.10. The Hall–Kier alpha value is -1.56. The molecule has 0 unspecified atom stereocenters. The van der Waals surface area contributed by atoms with Crippen LogP contribution < -0.4 is 10.6 Å². The van der Waals surface area contributed by atoms with E-state index in [9.17, 15) is 9.59 Å². The third-order valence-electron chi connectivity index (χ3n) is 2.89. The lowest BCUT2D eigenvalue weighted by molar-refractivity contribution is -0.139. The second-order valence-electron chi connectivity index (χ2n) is 4.57. The molecular weight excluding hydrogens is 324 g/mol. The molecule has 0 aliphatic carbocycles. The molecule has 1 aromatic rings. The van der Waals surface area contributed by atoms with Gasteiger partial charge in [0.25, 0.3) is 0 Å². The second-order valence-corrected chi connectivity index (χ2v) is 5.36. The molecule has 6 heteroatoms. The predicted molar refractivity (Wildman–Crippen MR) is 82.0 cm³/mol. The Morgan fingerprint density at radius 2 is 2.10 bits per heavy atom. The molecule has 0 bridgehead atoms. The molecule has 1 rings (SSSR count). The number of carboxylic acids is 1. The number of urea groups is 1. The van der Waals surface area contributed by atoms with Crippen molar-refractivity contribution in [3.05, 3.63) is 28.2 Å². The van der Waals surface area contributed by atoms with Crippen molar-refractivity contribution in [2.45, 2.75) is 39.2 Å². The van der Waals surface area contributed by atoms with Gasteiger partial charge >= 0.3 is 12.0 Å². The summed E-state index contributed by atoms with van der Waals surface area (Å²) < 4.78 is 0.788. The summed E-state index contributed by atoms with van der Waals surface area (Å²) in [6.07, 6.45) is 2.07. The van der Waals surface area contributed by atoms with Gasteiger partial charge in [0.1, 0.15) is 6.04 Å². The molecule has 0 saturated carbocycles. The Kier molecular flexibility index (Phi) is 6.51. The van der Waals surface area contributed by atoms with Crippen LogP contribution in [0.3, 0.4) is 0 Å². The smallest absolute Gasteiger partial charge is 0.326 e. The van der Waals surface area contributed by atoms with E-state index in [0.29, 0.717) is 12.1 Å². The maximum Gasteiger partial charge on any atom is 0.326 e. The summed E-state index contributed by atoms with van der Waals surface area (Å²) in [7, 11) is 0. The first kappa shape index (κ1) is 16.5. The maximum absolute atomic E-state index is 11.8. The molecule has 1 atom stereocenters. The van der Waals surface area contributed by atoms with Crippen LogP contribution in [0.25, 0.3) is 0 Å². The summed E-state index contributed by atoms with van der Waals surface area (Å²) in [5.74, 6) is -1.02. The van der Waals surface area contributed by atoms with Crippen LogP contribution in [0.15, 0.2) is 22.7 Å². The van der Waals surface area contributed by atoms with Gasteiger partial charge in [-0.15, -0.1) is 0 Å². The van der Waals surface area contributed by atoms with Crippen molar-refractivity contribution in [3.8, 4) is 0 Å². The van der Waals surface area contributed by atoms with Gasteiger partial charge < -0.3 is 15.7 Å². The van der Waals surface area contributed by atoms with E-state index >= 15 is 0 Å². The van der Waals surface area contributed by atoms with Crippen molar-refractivity contribution in [3.63, 3.8) is 0 Å². The van der Waals surface area contributed by atoms with Gasteiger partial charge in [-0.2, -0.15) is 0 Å². The average molecular weight is 343 g/mol. The molecule has 0 radical (unpaired) electrons. The zero-order valence-electron chi connectivity index (χ0n) is 11.6. The predicted octanol–water partition coefficient (Wildman–Crippen LogP) is 3.52. The van der Waals surface area contributed by atoms with Crippen LogP contribution in [-0.4, -0.2) is 23.1 Å². The standard InChI is InChI=1S/C14H19BrN2O3/c1-3-4-7-11(13(18)19)17-14(20)16-10-8-5-6-9(2)12(10)15/h5-6,8,11H,3-4,7H2,1-2H3,(H,18,19)(H2,16,17,20)/t11-/m0/s1. The third kappa shape index (κ3) is 4.85. The van der Waals surface area contributed by atoms with E-state index in [-0.39, 0.29) is 0 Å². The molecule has 0 aliphatic rings. The highest BCUT2D eigenvalue weighted by Gasteiger charge is 2.19. The first-order valence-electron chi connectivity index (χ1n) is 6.51. The van der Waals surface area contributed by atoms with Crippen molar-refractivity contribution in [2.24, 2.45) is 0 Å². The number of amides is 2. The minimum atomic E-state index is -1.02. The highest BCUT2D eigenvalue weighted by Crippen LogP contribution is 2.25. The number of hydrogen-bond acceptors (Lipinski definition) is 2. The molecule has 0 heterocycles. The second kappa shape index (κ2) is 7.89. The fourth-order valence-electron chi connectivity index (χ4n) is 1.73. The zero-order chi connectivity index (χ0) is 15.1. The first-order chi connectivity index (χ1) is 9.45. The molecule has 0 aromatic heterocycles. The number of carbonyl (C=O) groups excluding carboxylic acids is 1. The number of carbonyl (C=O) groups is 2. The molecule has 1 aromatic carbocycles. The number of halogens is 1. The molecule has 5 nitrogen and oxygen atoms in total. The quantitative estimate of drug-likeness (QED) is 0.739. The number of hydrogen-bond donors (Lipinski definition) is 3. The molecule has 0 fully saturated rings. The Morgan fingerprint density at radius 3 is 2.70 bits per heavy atom. The molecule has 20 heavy (non-hydrogen) atoms. The largest absolute Gasteiger partial charge is 0.480 e. The van der Waals surface area contributed by atoms with Gasteiger partial charge in [0.05, 0.1) is 5.69 Å². The molecule has 0 aliphatic heterocycles. The van der Waals surface area contributed by atoms with E-state index in [2.05, 4.69) is 26.6 Å². The van der Waals surface area contributed by atoms with Gasteiger partial charge in [-0.25, -0.2) is 9.59 Å². The van der Waals surface area contributed by atoms with Gasteiger partial charge in [-0.3, -0.25) is 0 Å². The number of aryl methyl sites for hydroxylation is 1. The minimum Gasteiger partial charge on any atom is -0.480 e. The van der Waals surface area contributed by atoms with Crippen LogP contribution in [0.1, 0.15) is 31.7 Å². The van der Waals surface area contributed by atoms with E-state index < -0.39 is 18.0 Å². The molecule has 0 saturated heterocycles. The normalized spacial score (nSPS) is 11.8. The maximum atomic E-state index is 11.8. The number of unbranched alkanes of at least 4 members (excludes halogenated alkanes) is 1. The molecule has 0 spiro atoms. The average Bonchev–Trinajstić information content (AvgIpc) is 2.39. The molecular formula is C14H19BrN2O3. The van der Waals surface area contributed by atoms with Gasteiger partial charge in [0, 0.05) is 4.47 Å². The summed E-state index contributed by atoms with van der Waals surface area (Å²) in [5.41, 5.74) is 1.60. The van der Waals surface area contributed by atoms with Crippen LogP contribution in [0.4, 0.5) is 10.5 Å². The van der Waals surface area contributed by atoms with E-state index in [0.717, 1.165) is 22.9 Å². The van der Waals surface area contributed by atoms with Gasteiger partial charge in [-0.1, -0.05) is 31.9 Å². The van der Waals surface area contributed by atoms with Crippen molar-refractivity contribution in [1.29, 1.82) is 0 Å². The Balaban J connectivity index is 2.66. The topological polar surface area (TPSA) is 78.4 Å². The fourth-order valence-corrected chi connectivity index (χ4v) is 2.09. The van der Waals surface area contributed by atoms with Crippen LogP contribution >= 0.6 is 15.9 Å². The van der Waals surface area contributed by atoms with Crippen molar-refractivity contribution < 1.29 is 14.7 Å². The monoisotopic (exact) mass is 342 g/mol. The lowest BCUT2D eigenvalue weighted by Gasteiger charge is -2.15. The van der Waals surface area contributed by atoms with E-state index in [1.54, 1.807) is 6.07 Å². The number of carboxylic acid groups (broad SMARTS) is 1. The number of aliphatic carboxylic acids is 1. The summed E-state index contributed by atoms with van der Waals surface area (Å²) in [6.45, 7) is 3.89. The molecule has 110 valence electrons. The van der Waals surface area contributed by atoms with E-state index in [4.69, 9.17) is 5.11 Å². The van der Waals surface area contributed by atoms with Crippen LogP contribution in [0.5, 0.6) is 0 Å². The Morgan fingerprint density at radius 1 is 1.40 bits per heavy atom. The molecule has 3 N–H and O–H groups in total. The third-order valence-corrected chi connectivity index (χ3v) is 3.94. The Labute approximate surface area is 126 Å². The Bertz CT molecular complexity index is 491. The van der Waals surface area contributed by atoms with E-state index in [1.165, 1.54) is 0 Å². The van der Waals surface area contributed by atoms with Crippen molar-refractivity contribution in [2.75, 3.05) is 5.32 Å². The van der Waals surface area contributed by atoms with Crippen molar-refractivity contribution in [1.82, 2.24) is 5.32 Å². The fraction of sp³-hybridized carbons (Fsp3) is 0.429. The van der Waals surface area contributed by atoms with Crippen molar-refractivity contribution >= 4 is 33.6 Å². The summed E-state index contributed by atoms with van der Waals surface area (Å²) in [5, 5.41) is 14.2. The van der Waals surface area contributed by atoms with Crippen LogP contribution in [-0.2, 0) is 4.79 Å². The number of nitrogens with one attached hydrogen (secondary N) is 2. The minimum absolute atomic E-state index is 0.425. The number of rotatable bonds is 6. The van der Waals surface area contributed by atoms with Crippen LogP contribution in [0.2, 0.25) is 0 Å². The SMILES string of the molecule is CCCC[C@H](NC(=O)Nc1cccc(C)c1Br)C(=O)O. The van der Waals surface area contributed by atoms with Crippen LogP contribution in [0, 0.1) is 6.92 Å². The number of benzene rings is 1. The highest BCUT2D eigenvalue weighted by atomic mass is 79.9. The van der Waals surface area contributed by atoms with Gasteiger partial charge in [-0.05, 0) is 40.9 Å². The van der Waals surface area contributed by atoms with E-state index in [1.807, 2.05) is 26.0 Å². The summed E-state index contributed by atoms with van der Waals surface area (Å²) in [4.78, 5) is 22.9.